The number of aliphatic imine (C=N–C) groups is 1. The molecule has 0 spiro atoms. The number of H-pyrrole nitrogens is 1. The Labute approximate surface area is 175 Å². The molecule has 2 aromatic rings. The van der Waals surface area contributed by atoms with Crippen molar-refractivity contribution in [2.45, 2.75) is 38.6 Å². The van der Waals surface area contributed by atoms with Crippen LogP contribution in [0.5, 0.6) is 0 Å². The predicted molar refractivity (Wildman–Crippen MR) is 112 cm³/mol. The van der Waals surface area contributed by atoms with E-state index < -0.39 is 0 Å². The molecular weight excluding hydrogens is 382 g/mol. The Bertz CT molecular complexity index is 990. The van der Waals surface area contributed by atoms with E-state index in [4.69, 9.17) is 0 Å². The van der Waals surface area contributed by atoms with E-state index in [-0.39, 0.29) is 11.6 Å². The van der Waals surface area contributed by atoms with Gasteiger partial charge in [0, 0.05) is 25.2 Å². The van der Waals surface area contributed by atoms with E-state index in [0.717, 1.165) is 37.1 Å². The Morgan fingerprint density at radius 1 is 1.23 bits per heavy atom. The number of isocyanates is 1. The third-order valence-corrected chi connectivity index (χ3v) is 6.20. The van der Waals surface area contributed by atoms with Crippen LogP contribution in [-0.4, -0.2) is 46.4 Å². The van der Waals surface area contributed by atoms with Crippen LogP contribution in [0.1, 0.15) is 36.9 Å². The standard InChI is InChI=1S/C22H27N5O3/c28-15-23-12-16-5-4-6-17(11-16)13-24-22(30)26-10-9-20-19(14-26)21(29)27(25-20)18-7-2-1-3-8-18/h1-3,7-8,16-17,25H,4-6,9-14H2,(H,24,30). The lowest BCUT2D eigenvalue weighted by molar-refractivity contribution is 0.185. The largest absolute Gasteiger partial charge is 0.338 e. The number of urea groups is 1. The predicted octanol–water partition coefficient (Wildman–Crippen LogP) is 2.38. The fourth-order valence-electron chi connectivity index (χ4n) is 4.60. The fraction of sp³-hybridized carbons (Fsp3) is 0.500. The number of benzene rings is 1. The van der Waals surface area contributed by atoms with Crippen LogP contribution < -0.4 is 10.9 Å². The molecule has 1 aliphatic carbocycles. The monoisotopic (exact) mass is 409 g/mol. The van der Waals surface area contributed by atoms with Gasteiger partial charge in [0.1, 0.15) is 0 Å². The topological polar surface area (TPSA) is 99.6 Å². The Balaban J connectivity index is 1.35. The van der Waals surface area contributed by atoms with Crippen molar-refractivity contribution in [3.8, 4) is 5.69 Å². The minimum atomic E-state index is -0.124. The summed E-state index contributed by atoms with van der Waals surface area (Å²) in [7, 11) is 0. The van der Waals surface area contributed by atoms with Crippen LogP contribution in [0, 0.1) is 11.8 Å². The summed E-state index contributed by atoms with van der Waals surface area (Å²) in [5, 5.41) is 6.24. The zero-order valence-electron chi connectivity index (χ0n) is 17.0. The zero-order valence-corrected chi connectivity index (χ0v) is 17.0. The third kappa shape index (κ3) is 4.39. The molecule has 30 heavy (non-hydrogen) atoms. The Kier molecular flexibility index (Phi) is 6.14. The molecule has 2 atom stereocenters. The molecule has 2 heterocycles. The Morgan fingerprint density at radius 2 is 2.03 bits per heavy atom. The number of fused-ring (bicyclic) bond motifs is 1. The number of hydrogen-bond acceptors (Lipinski definition) is 4. The summed E-state index contributed by atoms with van der Waals surface area (Å²) in [4.78, 5) is 41.3. The second-order valence-electron chi connectivity index (χ2n) is 8.23. The smallest absolute Gasteiger partial charge is 0.317 e. The molecule has 8 heteroatoms. The summed E-state index contributed by atoms with van der Waals surface area (Å²) in [6.45, 7) is 2.04. The van der Waals surface area contributed by atoms with Crippen molar-refractivity contribution in [3.05, 3.63) is 51.9 Å². The maximum Gasteiger partial charge on any atom is 0.317 e. The summed E-state index contributed by atoms with van der Waals surface area (Å²) in [5.41, 5.74) is 2.25. The quantitative estimate of drug-likeness (QED) is 0.586. The van der Waals surface area contributed by atoms with Crippen molar-refractivity contribution in [1.82, 2.24) is 20.0 Å². The number of nitrogens with zero attached hydrogens (tertiary/aromatic N) is 3. The van der Waals surface area contributed by atoms with Gasteiger partial charge in [0.25, 0.3) is 5.56 Å². The number of aromatic nitrogens is 2. The van der Waals surface area contributed by atoms with Crippen LogP contribution in [0.25, 0.3) is 5.69 Å². The fourth-order valence-corrected chi connectivity index (χ4v) is 4.60. The van der Waals surface area contributed by atoms with Gasteiger partial charge < -0.3 is 10.2 Å². The van der Waals surface area contributed by atoms with Gasteiger partial charge in [-0.2, -0.15) is 0 Å². The van der Waals surface area contributed by atoms with E-state index in [2.05, 4.69) is 15.4 Å². The number of carbonyl (C=O) groups excluding carboxylic acids is 2. The number of para-hydroxylation sites is 1. The van der Waals surface area contributed by atoms with Crippen molar-refractivity contribution in [1.29, 1.82) is 0 Å². The highest BCUT2D eigenvalue weighted by atomic mass is 16.2. The van der Waals surface area contributed by atoms with E-state index in [0.29, 0.717) is 50.0 Å². The minimum Gasteiger partial charge on any atom is -0.338 e. The van der Waals surface area contributed by atoms with Crippen LogP contribution in [0.15, 0.2) is 40.1 Å². The van der Waals surface area contributed by atoms with Crippen LogP contribution in [-0.2, 0) is 17.8 Å². The molecule has 1 aromatic heterocycles. The van der Waals surface area contributed by atoms with Crippen LogP contribution >= 0.6 is 0 Å². The number of nitrogens with one attached hydrogen (secondary N) is 2. The van der Waals surface area contributed by atoms with Gasteiger partial charge in [-0.1, -0.05) is 24.6 Å². The van der Waals surface area contributed by atoms with Crippen molar-refractivity contribution in [2.24, 2.45) is 16.8 Å². The number of amides is 2. The molecule has 2 unspecified atom stereocenters. The lowest BCUT2D eigenvalue weighted by atomic mass is 9.81. The minimum absolute atomic E-state index is 0.0976. The van der Waals surface area contributed by atoms with Gasteiger partial charge >= 0.3 is 6.03 Å². The van der Waals surface area contributed by atoms with Gasteiger partial charge in [-0.25, -0.2) is 19.3 Å². The van der Waals surface area contributed by atoms with Crippen molar-refractivity contribution < 1.29 is 9.59 Å². The van der Waals surface area contributed by atoms with Crippen LogP contribution in [0.4, 0.5) is 4.79 Å². The lowest BCUT2D eigenvalue weighted by Gasteiger charge is -2.30. The van der Waals surface area contributed by atoms with Gasteiger partial charge in [-0.15, -0.1) is 0 Å². The molecule has 2 aliphatic rings. The molecule has 2 amide bonds. The molecule has 158 valence electrons. The Morgan fingerprint density at radius 3 is 2.83 bits per heavy atom. The highest BCUT2D eigenvalue weighted by Crippen LogP contribution is 2.29. The molecule has 1 fully saturated rings. The molecule has 2 N–H and O–H groups in total. The molecule has 1 saturated carbocycles. The molecule has 8 nitrogen and oxygen atoms in total. The van der Waals surface area contributed by atoms with Gasteiger partial charge in [0.2, 0.25) is 6.08 Å². The normalized spacial score (nSPS) is 20.9. The van der Waals surface area contributed by atoms with E-state index >= 15 is 0 Å². The summed E-state index contributed by atoms with van der Waals surface area (Å²) < 4.78 is 1.55. The van der Waals surface area contributed by atoms with E-state index in [9.17, 15) is 14.4 Å². The number of carbonyl (C=O) groups is 1. The maximum absolute atomic E-state index is 12.8. The molecule has 0 bridgehead atoms. The summed E-state index contributed by atoms with van der Waals surface area (Å²) in [6, 6.07) is 9.33. The first-order valence-corrected chi connectivity index (χ1v) is 10.6. The zero-order chi connectivity index (χ0) is 20.9. The van der Waals surface area contributed by atoms with E-state index in [1.165, 1.54) is 0 Å². The second-order valence-corrected chi connectivity index (χ2v) is 8.23. The second kappa shape index (κ2) is 9.13. The molecular formula is C22H27N5O3. The third-order valence-electron chi connectivity index (χ3n) is 6.20. The van der Waals surface area contributed by atoms with E-state index in [1.807, 2.05) is 30.3 Å². The van der Waals surface area contributed by atoms with E-state index in [1.54, 1.807) is 15.7 Å². The van der Waals surface area contributed by atoms with Gasteiger partial charge in [0.05, 0.1) is 24.3 Å². The first-order chi connectivity index (χ1) is 14.7. The van der Waals surface area contributed by atoms with Gasteiger partial charge in [-0.3, -0.25) is 9.89 Å². The molecule has 1 aliphatic heterocycles. The summed E-state index contributed by atoms with van der Waals surface area (Å²) in [5.74, 6) is 0.799. The average molecular weight is 409 g/mol. The van der Waals surface area contributed by atoms with Gasteiger partial charge in [-0.05, 0) is 43.2 Å². The Hall–Kier alpha value is -3.12. The summed E-state index contributed by atoms with van der Waals surface area (Å²) in [6.07, 6.45) is 6.46. The number of rotatable bonds is 5. The van der Waals surface area contributed by atoms with Gasteiger partial charge in [0.15, 0.2) is 0 Å². The number of aromatic amines is 1. The van der Waals surface area contributed by atoms with Crippen molar-refractivity contribution in [2.75, 3.05) is 19.6 Å². The van der Waals surface area contributed by atoms with Crippen LogP contribution in [0.2, 0.25) is 0 Å². The number of hydrogen-bond donors (Lipinski definition) is 2. The summed E-state index contributed by atoms with van der Waals surface area (Å²) >= 11 is 0. The molecule has 4 rings (SSSR count). The van der Waals surface area contributed by atoms with Crippen molar-refractivity contribution in [3.63, 3.8) is 0 Å². The first-order valence-electron chi connectivity index (χ1n) is 10.6. The highest BCUT2D eigenvalue weighted by Gasteiger charge is 2.27. The molecule has 1 aromatic carbocycles. The molecule has 0 saturated heterocycles. The van der Waals surface area contributed by atoms with Crippen molar-refractivity contribution >= 4 is 12.1 Å². The average Bonchev–Trinajstić information content (AvgIpc) is 3.13. The lowest BCUT2D eigenvalue weighted by Crippen LogP contribution is -2.45. The SMILES string of the molecule is O=C=NCC1CCCC(CNC(=O)N2CCc3[nH]n(-c4ccccc4)c(=O)c3C2)C1. The highest BCUT2D eigenvalue weighted by molar-refractivity contribution is 5.74. The first kappa shape index (κ1) is 20.2. The maximum atomic E-state index is 12.8. The van der Waals surface area contributed by atoms with Crippen LogP contribution in [0.3, 0.4) is 0 Å². The molecule has 0 radical (unpaired) electrons.